The summed E-state index contributed by atoms with van der Waals surface area (Å²) < 4.78 is 13.1. The van der Waals surface area contributed by atoms with E-state index in [9.17, 15) is 4.39 Å². The zero-order valence-corrected chi connectivity index (χ0v) is 16.0. The zero-order chi connectivity index (χ0) is 15.3. The second-order valence-corrected chi connectivity index (χ2v) is 6.34. The lowest BCUT2D eigenvalue weighted by molar-refractivity contribution is 0.243. The minimum Gasteiger partial charge on any atom is -0.356 e. The van der Waals surface area contributed by atoms with Gasteiger partial charge in [0.05, 0.1) is 0 Å². The van der Waals surface area contributed by atoms with Gasteiger partial charge in [-0.3, -0.25) is 4.99 Å². The minimum atomic E-state index is -0.171. The third-order valence-electron chi connectivity index (χ3n) is 4.26. The number of nitrogens with zero attached hydrogens (tertiary/aromatic N) is 1. The Morgan fingerprint density at radius 1 is 1.23 bits per heavy atom. The van der Waals surface area contributed by atoms with Crippen LogP contribution in [0.5, 0.6) is 0 Å². The van der Waals surface area contributed by atoms with Gasteiger partial charge in [0, 0.05) is 25.6 Å². The van der Waals surface area contributed by atoms with E-state index in [4.69, 9.17) is 0 Å². The molecule has 2 rings (SSSR count). The fraction of sp³-hybridized carbons (Fsp3) is 0.588. The smallest absolute Gasteiger partial charge is 0.191 e. The quantitative estimate of drug-likeness (QED) is 0.434. The van der Waals surface area contributed by atoms with Crippen molar-refractivity contribution < 1.29 is 4.39 Å². The number of halogens is 2. The normalized spacial score (nSPS) is 16.7. The van der Waals surface area contributed by atoms with Gasteiger partial charge in [-0.1, -0.05) is 32.4 Å². The summed E-state index contributed by atoms with van der Waals surface area (Å²) in [7, 11) is 1.79. The van der Waals surface area contributed by atoms with Crippen LogP contribution in [0.4, 0.5) is 4.39 Å². The molecule has 2 N–H and O–H groups in total. The van der Waals surface area contributed by atoms with Crippen molar-refractivity contribution in [1.29, 1.82) is 0 Å². The highest BCUT2D eigenvalue weighted by Crippen LogP contribution is 2.43. The molecular weight excluding hydrogens is 392 g/mol. The molecule has 22 heavy (non-hydrogen) atoms. The first kappa shape index (κ1) is 19.2. The maximum absolute atomic E-state index is 13.1. The number of guanidine groups is 1. The van der Waals surface area contributed by atoms with E-state index in [0.29, 0.717) is 5.92 Å². The van der Waals surface area contributed by atoms with Gasteiger partial charge in [-0.2, -0.15) is 0 Å². The minimum absolute atomic E-state index is 0. The summed E-state index contributed by atoms with van der Waals surface area (Å²) in [5.41, 5.74) is 1.35. The fourth-order valence-corrected chi connectivity index (χ4v) is 2.75. The molecule has 0 radical (unpaired) electrons. The van der Waals surface area contributed by atoms with E-state index in [1.165, 1.54) is 12.0 Å². The van der Waals surface area contributed by atoms with E-state index < -0.39 is 0 Å². The van der Waals surface area contributed by atoms with Crippen LogP contribution >= 0.6 is 24.0 Å². The van der Waals surface area contributed by atoms with E-state index >= 15 is 0 Å². The summed E-state index contributed by atoms with van der Waals surface area (Å²) in [6.07, 6.45) is 3.52. The second-order valence-electron chi connectivity index (χ2n) is 6.34. The maximum Gasteiger partial charge on any atom is 0.191 e. The van der Waals surface area contributed by atoms with Crippen LogP contribution in [0.3, 0.4) is 0 Å². The van der Waals surface area contributed by atoms with Crippen LogP contribution in [-0.4, -0.2) is 26.1 Å². The summed E-state index contributed by atoms with van der Waals surface area (Å²) in [5, 5.41) is 6.75. The maximum atomic E-state index is 13.1. The van der Waals surface area contributed by atoms with Gasteiger partial charge in [0.25, 0.3) is 0 Å². The SMILES string of the molecule is CN=C(NCC(C)C)NCC1(c2ccc(F)cc2)CCC1.I. The lowest BCUT2D eigenvalue weighted by Gasteiger charge is -2.43. The standard InChI is InChI=1S/C17H26FN3.HI/c1-13(2)11-20-16(19-3)21-12-17(9-4-10-17)14-5-7-15(18)8-6-14;/h5-8,13H,4,9-12H2,1-3H3,(H2,19,20,21);1H. The molecule has 0 amide bonds. The highest BCUT2D eigenvalue weighted by Gasteiger charge is 2.38. The van der Waals surface area contributed by atoms with Crippen molar-refractivity contribution in [1.82, 2.24) is 10.6 Å². The van der Waals surface area contributed by atoms with E-state index in [-0.39, 0.29) is 35.2 Å². The first-order valence-corrected chi connectivity index (χ1v) is 7.76. The van der Waals surface area contributed by atoms with E-state index in [1.54, 1.807) is 19.2 Å². The molecule has 1 aliphatic carbocycles. The molecule has 1 aromatic carbocycles. The lowest BCUT2D eigenvalue weighted by Crippen LogP contribution is -2.49. The Balaban J connectivity index is 0.00000242. The van der Waals surface area contributed by atoms with Crippen LogP contribution in [-0.2, 0) is 5.41 Å². The number of hydrogen-bond donors (Lipinski definition) is 2. The second kappa shape index (κ2) is 8.70. The average molecular weight is 419 g/mol. The van der Waals surface area contributed by atoms with Gasteiger partial charge < -0.3 is 10.6 Å². The fourth-order valence-electron chi connectivity index (χ4n) is 2.75. The molecule has 0 unspecified atom stereocenters. The Morgan fingerprint density at radius 2 is 1.86 bits per heavy atom. The number of hydrogen-bond acceptors (Lipinski definition) is 1. The predicted octanol–water partition coefficient (Wildman–Crippen LogP) is 3.69. The van der Waals surface area contributed by atoms with E-state index in [0.717, 1.165) is 31.9 Å². The van der Waals surface area contributed by atoms with Gasteiger partial charge in [-0.05, 0) is 36.5 Å². The molecule has 0 saturated heterocycles. The highest BCUT2D eigenvalue weighted by molar-refractivity contribution is 14.0. The molecule has 5 heteroatoms. The summed E-state index contributed by atoms with van der Waals surface area (Å²) in [4.78, 5) is 4.26. The lowest BCUT2D eigenvalue weighted by atomic mass is 9.64. The summed E-state index contributed by atoms with van der Waals surface area (Å²) in [5.74, 6) is 1.26. The molecule has 1 aliphatic rings. The van der Waals surface area contributed by atoms with Gasteiger partial charge in [0.1, 0.15) is 5.82 Å². The molecule has 0 bridgehead atoms. The predicted molar refractivity (Wildman–Crippen MR) is 102 cm³/mol. The molecule has 124 valence electrons. The molecule has 3 nitrogen and oxygen atoms in total. The topological polar surface area (TPSA) is 36.4 Å². The van der Waals surface area contributed by atoms with Crippen molar-refractivity contribution >= 4 is 29.9 Å². The summed E-state index contributed by atoms with van der Waals surface area (Å²) in [6.45, 7) is 6.10. The average Bonchev–Trinajstić information content (AvgIpc) is 2.42. The van der Waals surface area contributed by atoms with Crippen LogP contribution in [0.25, 0.3) is 0 Å². The van der Waals surface area contributed by atoms with E-state index in [1.807, 2.05) is 12.1 Å². The molecular formula is C17H27FIN3. The van der Waals surface area contributed by atoms with Crippen molar-refractivity contribution in [2.45, 2.75) is 38.5 Å². The number of rotatable bonds is 5. The molecule has 0 atom stereocenters. The molecule has 0 aromatic heterocycles. The molecule has 0 spiro atoms. The largest absolute Gasteiger partial charge is 0.356 e. The molecule has 0 heterocycles. The Morgan fingerprint density at radius 3 is 2.32 bits per heavy atom. The van der Waals surface area contributed by atoms with Crippen LogP contribution in [0, 0.1) is 11.7 Å². The third kappa shape index (κ3) is 4.83. The van der Waals surface area contributed by atoms with Crippen LogP contribution < -0.4 is 10.6 Å². The zero-order valence-electron chi connectivity index (χ0n) is 13.7. The summed E-state index contributed by atoms with van der Waals surface area (Å²) in [6, 6.07) is 6.95. The highest BCUT2D eigenvalue weighted by atomic mass is 127. The van der Waals surface area contributed by atoms with Crippen molar-refractivity contribution in [2.75, 3.05) is 20.1 Å². The van der Waals surface area contributed by atoms with Gasteiger partial charge in [-0.25, -0.2) is 4.39 Å². The summed E-state index contributed by atoms with van der Waals surface area (Å²) >= 11 is 0. The van der Waals surface area contributed by atoms with Gasteiger partial charge in [-0.15, -0.1) is 24.0 Å². The third-order valence-corrected chi connectivity index (χ3v) is 4.26. The van der Waals surface area contributed by atoms with Gasteiger partial charge in [0.2, 0.25) is 0 Å². The van der Waals surface area contributed by atoms with Crippen LogP contribution in [0.1, 0.15) is 38.7 Å². The van der Waals surface area contributed by atoms with Crippen molar-refractivity contribution in [2.24, 2.45) is 10.9 Å². The Kier molecular flexibility index (Phi) is 7.59. The van der Waals surface area contributed by atoms with Crippen molar-refractivity contribution in [3.05, 3.63) is 35.6 Å². The van der Waals surface area contributed by atoms with Crippen molar-refractivity contribution in [3.8, 4) is 0 Å². The molecule has 1 aromatic rings. The Labute approximate surface area is 150 Å². The molecule has 0 aliphatic heterocycles. The van der Waals surface area contributed by atoms with Crippen LogP contribution in [0.15, 0.2) is 29.3 Å². The first-order chi connectivity index (χ1) is 10.1. The number of aliphatic imine (C=N–C) groups is 1. The van der Waals surface area contributed by atoms with E-state index in [2.05, 4.69) is 29.5 Å². The van der Waals surface area contributed by atoms with Gasteiger partial charge >= 0.3 is 0 Å². The first-order valence-electron chi connectivity index (χ1n) is 7.76. The molecule has 1 saturated carbocycles. The number of benzene rings is 1. The van der Waals surface area contributed by atoms with Crippen LogP contribution in [0.2, 0.25) is 0 Å². The van der Waals surface area contributed by atoms with Gasteiger partial charge in [0.15, 0.2) is 5.96 Å². The Bertz CT molecular complexity index is 481. The molecule has 1 fully saturated rings. The Hall–Kier alpha value is -0.850. The number of nitrogens with one attached hydrogen (secondary N) is 2. The monoisotopic (exact) mass is 419 g/mol. The van der Waals surface area contributed by atoms with Crippen molar-refractivity contribution in [3.63, 3.8) is 0 Å².